The molecule has 12 aromatic rings. The number of aromatic nitrogens is 2. The molecule has 2 aromatic heterocycles. The molecule has 0 amide bonds. The van der Waals surface area contributed by atoms with Gasteiger partial charge in [-0.1, -0.05) is 170 Å². The van der Waals surface area contributed by atoms with Crippen LogP contribution in [0.25, 0.3) is 115 Å². The third kappa shape index (κ3) is 4.95. The van der Waals surface area contributed by atoms with E-state index in [-0.39, 0.29) is 0 Å². The number of rotatable bonds is 4. The third-order valence-corrected chi connectivity index (χ3v) is 12.3. The van der Waals surface area contributed by atoms with Crippen molar-refractivity contribution in [1.29, 1.82) is 0 Å². The summed E-state index contributed by atoms with van der Waals surface area (Å²) in [5.41, 5.74) is 11.8. The van der Waals surface area contributed by atoms with Crippen molar-refractivity contribution in [3.05, 3.63) is 206 Å². The van der Waals surface area contributed by atoms with Crippen molar-refractivity contribution in [2.45, 2.75) is 6.92 Å². The molecule has 0 bridgehead atoms. The molecule has 0 saturated carbocycles. The van der Waals surface area contributed by atoms with Crippen molar-refractivity contribution in [3.8, 4) is 44.6 Å². The molecule has 12 rings (SSSR count). The molecule has 0 N–H and O–H groups in total. The molecule has 0 spiro atoms. The Hall–Kier alpha value is -7.55. The van der Waals surface area contributed by atoms with Gasteiger partial charge in [0.1, 0.15) is 5.65 Å². The predicted octanol–water partition coefficient (Wildman–Crippen LogP) is 15.2. The second-order valence-electron chi connectivity index (χ2n) is 15.6. The van der Waals surface area contributed by atoms with E-state index in [0.717, 1.165) is 16.9 Å². The van der Waals surface area contributed by atoms with E-state index in [9.17, 15) is 0 Å². The van der Waals surface area contributed by atoms with Crippen molar-refractivity contribution < 1.29 is 0 Å². The Balaban J connectivity index is 1.04. The van der Waals surface area contributed by atoms with Crippen LogP contribution >= 0.6 is 0 Å². The van der Waals surface area contributed by atoms with Gasteiger partial charge in [-0.25, -0.2) is 4.98 Å². The fourth-order valence-corrected chi connectivity index (χ4v) is 9.69. The fraction of sp³-hybridized carbons (Fsp3) is 0.0179. The van der Waals surface area contributed by atoms with Crippen molar-refractivity contribution in [2.24, 2.45) is 0 Å². The maximum atomic E-state index is 4.88. The van der Waals surface area contributed by atoms with Gasteiger partial charge in [-0.15, -0.1) is 0 Å². The summed E-state index contributed by atoms with van der Waals surface area (Å²) in [6.07, 6.45) is 4.15. The van der Waals surface area contributed by atoms with E-state index in [1.807, 2.05) is 24.4 Å². The van der Waals surface area contributed by atoms with Crippen LogP contribution in [0.1, 0.15) is 5.56 Å². The monoisotopic (exact) mass is 736 g/mol. The summed E-state index contributed by atoms with van der Waals surface area (Å²) in [7, 11) is 0. The SMILES string of the molecule is Cc1cccc2ccc3cccc(-c4cccc5ccc6cc(-c7c8ccccc8c(-c8ccc(-c9cn%10ccccc%10n9)cc8)c8ccccc78)ccc6c45)c3c12. The predicted molar refractivity (Wildman–Crippen MR) is 247 cm³/mol. The number of nitrogens with zero attached hydrogens (tertiary/aromatic N) is 2. The summed E-state index contributed by atoms with van der Waals surface area (Å²) in [5, 5.41) is 15.2. The summed E-state index contributed by atoms with van der Waals surface area (Å²) in [6.45, 7) is 2.23. The Morgan fingerprint density at radius 1 is 0.379 bits per heavy atom. The minimum absolute atomic E-state index is 0.949. The van der Waals surface area contributed by atoms with Gasteiger partial charge in [0.15, 0.2) is 0 Å². The van der Waals surface area contributed by atoms with Crippen molar-refractivity contribution in [2.75, 3.05) is 0 Å². The van der Waals surface area contributed by atoms with E-state index < -0.39 is 0 Å². The number of pyridine rings is 1. The molecule has 0 fully saturated rings. The highest BCUT2D eigenvalue weighted by Gasteiger charge is 2.19. The lowest BCUT2D eigenvalue weighted by Gasteiger charge is -2.19. The number of fused-ring (bicyclic) bond motifs is 9. The molecule has 0 aliphatic rings. The van der Waals surface area contributed by atoms with Gasteiger partial charge in [0.2, 0.25) is 0 Å². The number of benzene rings is 10. The lowest BCUT2D eigenvalue weighted by Crippen LogP contribution is -1.91. The summed E-state index contributed by atoms with van der Waals surface area (Å²) in [4.78, 5) is 4.88. The quantitative estimate of drug-likeness (QED) is 0.130. The van der Waals surface area contributed by atoms with Gasteiger partial charge >= 0.3 is 0 Å². The molecule has 0 saturated heterocycles. The molecule has 2 heteroatoms. The molecule has 58 heavy (non-hydrogen) atoms. The van der Waals surface area contributed by atoms with Crippen LogP contribution in [0.2, 0.25) is 0 Å². The first-order chi connectivity index (χ1) is 28.7. The largest absolute Gasteiger partial charge is 0.306 e. The van der Waals surface area contributed by atoms with E-state index in [1.165, 1.54) is 104 Å². The summed E-state index contributed by atoms with van der Waals surface area (Å²) in [6, 6.07) is 69.3. The van der Waals surface area contributed by atoms with Crippen LogP contribution in [-0.2, 0) is 0 Å². The third-order valence-electron chi connectivity index (χ3n) is 12.3. The average molecular weight is 737 g/mol. The van der Waals surface area contributed by atoms with Crippen LogP contribution in [0.15, 0.2) is 200 Å². The Kier molecular flexibility index (Phi) is 7.18. The maximum absolute atomic E-state index is 4.88. The Bertz CT molecular complexity index is 3540. The van der Waals surface area contributed by atoms with Crippen molar-refractivity contribution >= 4 is 70.3 Å². The van der Waals surface area contributed by atoms with E-state index in [4.69, 9.17) is 4.98 Å². The molecular weight excluding hydrogens is 701 g/mol. The highest BCUT2D eigenvalue weighted by atomic mass is 15.0. The van der Waals surface area contributed by atoms with Crippen LogP contribution in [0.4, 0.5) is 0 Å². The Morgan fingerprint density at radius 3 is 1.59 bits per heavy atom. The molecule has 0 aliphatic carbocycles. The van der Waals surface area contributed by atoms with E-state index in [1.54, 1.807) is 0 Å². The molecular formula is C56H36N2. The fourth-order valence-electron chi connectivity index (χ4n) is 9.69. The van der Waals surface area contributed by atoms with Crippen LogP contribution in [0.5, 0.6) is 0 Å². The zero-order valence-corrected chi connectivity index (χ0v) is 31.9. The highest BCUT2D eigenvalue weighted by Crippen LogP contribution is 2.46. The zero-order chi connectivity index (χ0) is 38.3. The summed E-state index contributed by atoms with van der Waals surface area (Å²) >= 11 is 0. The zero-order valence-electron chi connectivity index (χ0n) is 31.9. The molecule has 2 heterocycles. The number of imidazole rings is 1. The van der Waals surface area contributed by atoms with E-state index in [0.29, 0.717) is 0 Å². The van der Waals surface area contributed by atoms with E-state index in [2.05, 4.69) is 187 Å². The van der Waals surface area contributed by atoms with Crippen molar-refractivity contribution in [3.63, 3.8) is 0 Å². The maximum Gasteiger partial charge on any atom is 0.137 e. The Labute approximate surface area is 335 Å². The first-order valence-corrected chi connectivity index (χ1v) is 20.0. The standard InChI is InChI=1S/C56H36N2/c1-35-11-8-12-37-26-27-39-14-10-20-49(56(39)52(35)37)48-19-9-13-38-28-29-41-33-42(30-31-43(41)53(38)48)55-46-17-4-2-15-44(46)54(45-16-3-5-18-47(45)55)40-24-22-36(23-25-40)50-34-58-32-7-6-21-51(58)57-50/h2-34H,1H3. The van der Waals surface area contributed by atoms with Gasteiger partial charge < -0.3 is 4.40 Å². The smallest absolute Gasteiger partial charge is 0.137 e. The Morgan fingerprint density at radius 2 is 0.914 bits per heavy atom. The minimum atomic E-state index is 0.949. The molecule has 2 nitrogen and oxygen atoms in total. The minimum Gasteiger partial charge on any atom is -0.306 e. The molecule has 10 aromatic carbocycles. The van der Waals surface area contributed by atoms with Crippen LogP contribution in [-0.4, -0.2) is 9.38 Å². The topological polar surface area (TPSA) is 17.3 Å². The second kappa shape index (κ2) is 12.7. The van der Waals surface area contributed by atoms with Gasteiger partial charge in [-0.05, 0) is 129 Å². The molecule has 0 aliphatic heterocycles. The second-order valence-corrected chi connectivity index (χ2v) is 15.6. The lowest BCUT2D eigenvalue weighted by molar-refractivity contribution is 1.19. The molecule has 270 valence electrons. The molecule has 0 atom stereocenters. The van der Waals surface area contributed by atoms with Crippen LogP contribution in [0.3, 0.4) is 0 Å². The van der Waals surface area contributed by atoms with Gasteiger partial charge in [-0.2, -0.15) is 0 Å². The number of hydrogen-bond acceptors (Lipinski definition) is 1. The number of hydrogen-bond donors (Lipinski definition) is 0. The van der Waals surface area contributed by atoms with Crippen LogP contribution in [0, 0.1) is 6.92 Å². The normalized spacial score (nSPS) is 11.9. The van der Waals surface area contributed by atoms with Crippen molar-refractivity contribution in [1.82, 2.24) is 9.38 Å². The van der Waals surface area contributed by atoms with Gasteiger partial charge in [-0.3, -0.25) is 0 Å². The van der Waals surface area contributed by atoms with Gasteiger partial charge in [0.05, 0.1) is 5.69 Å². The van der Waals surface area contributed by atoms with Gasteiger partial charge in [0.25, 0.3) is 0 Å². The van der Waals surface area contributed by atoms with Gasteiger partial charge in [0, 0.05) is 18.0 Å². The first kappa shape index (κ1) is 32.7. The first-order valence-electron chi connectivity index (χ1n) is 20.0. The van der Waals surface area contributed by atoms with Crippen LogP contribution < -0.4 is 0 Å². The molecule has 0 unspecified atom stereocenters. The van der Waals surface area contributed by atoms with E-state index >= 15 is 0 Å². The summed E-state index contributed by atoms with van der Waals surface area (Å²) < 4.78 is 2.07. The average Bonchev–Trinajstić information content (AvgIpc) is 3.72. The molecule has 0 radical (unpaired) electrons. The highest BCUT2D eigenvalue weighted by molar-refractivity contribution is 6.24. The lowest BCUT2D eigenvalue weighted by atomic mass is 9.84. The number of aryl methyl sites for hydroxylation is 1. The summed E-state index contributed by atoms with van der Waals surface area (Å²) in [5.74, 6) is 0.